The van der Waals surface area contributed by atoms with Gasteiger partial charge in [-0.1, -0.05) is 12.1 Å². The van der Waals surface area contributed by atoms with E-state index in [0.717, 1.165) is 28.8 Å². The summed E-state index contributed by atoms with van der Waals surface area (Å²) in [6, 6.07) is 6.26. The van der Waals surface area contributed by atoms with Gasteiger partial charge in [0.15, 0.2) is 6.67 Å². The second kappa shape index (κ2) is 10.2. The van der Waals surface area contributed by atoms with Crippen LogP contribution in [0.5, 0.6) is 0 Å². The molecule has 0 unspecified atom stereocenters. The first kappa shape index (κ1) is 24.9. The number of aryl methyl sites for hydroxylation is 1. The number of hydrogen-bond acceptors (Lipinski definition) is 4. The molecule has 10 heteroatoms. The van der Waals surface area contributed by atoms with Crippen molar-refractivity contribution in [2.75, 3.05) is 25.1 Å². The minimum Gasteiger partial charge on any atom is -0.311 e. The van der Waals surface area contributed by atoms with E-state index < -0.39 is 25.2 Å². The van der Waals surface area contributed by atoms with Crippen LogP contribution in [0.1, 0.15) is 53.3 Å². The summed E-state index contributed by atoms with van der Waals surface area (Å²) in [6.07, 6.45) is -0.272. The van der Waals surface area contributed by atoms with Gasteiger partial charge in [-0.25, -0.2) is 9.37 Å². The number of carbonyl (C=O) groups excluding carboxylic acids is 1. The first-order valence-corrected chi connectivity index (χ1v) is 11.6. The maximum atomic E-state index is 12.8. The van der Waals surface area contributed by atoms with Gasteiger partial charge in [-0.05, 0) is 54.5 Å². The molecule has 2 aromatic rings. The van der Waals surface area contributed by atoms with Gasteiger partial charge >= 0.3 is 6.18 Å². The lowest BCUT2D eigenvalue weighted by molar-refractivity contribution is -0.134. The van der Waals surface area contributed by atoms with Crippen molar-refractivity contribution in [1.29, 1.82) is 5.26 Å². The summed E-state index contributed by atoms with van der Waals surface area (Å²) in [6.45, 7) is 3.00. The molecule has 2 heterocycles. The molecule has 0 radical (unpaired) electrons. The van der Waals surface area contributed by atoms with Crippen LogP contribution in [0.15, 0.2) is 23.9 Å². The lowest BCUT2D eigenvalue weighted by atomic mass is 9.97. The highest BCUT2D eigenvalue weighted by Gasteiger charge is 2.30. The van der Waals surface area contributed by atoms with Gasteiger partial charge in [0.2, 0.25) is 5.95 Å². The van der Waals surface area contributed by atoms with Crippen molar-refractivity contribution >= 4 is 17.9 Å². The zero-order valence-corrected chi connectivity index (χ0v) is 19.5. The predicted molar refractivity (Wildman–Crippen MR) is 123 cm³/mol. The van der Waals surface area contributed by atoms with Crippen molar-refractivity contribution < 1.29 is 22.4 Å². The van der Waals surface area contributed by atoms with Crippen molar-refractivity contribution in [3.05, 3.63) is 51.9 Å². The number of amides is 1. The molecule has 0 saturated carbocycles. The number of carbonyl (C=O) groups is 1. The van der Waals surface area contributed by atoms with E-state index in [-0.39, 0.29) is 18.4 Å². The number of likely N-dealkylation sites (tertiary alicyclic amines) is 1. The molecular formula is C25H27F4N5O. The Morgan fingerprint density at radius 3 is 2.69 bits per heavy atom. The Bertz CT molecular complexity index is 1170. The van der Waals surface area contributed by atoms with Gasteiger partial charge in [0.1, 0.15) is 0 Å². The highest BCUT2D eigenvalue weighted by molar-refractivity contribution is 5.90. The standard InChI is InChI=1S/C25H27F4N5O/c1-16-19(3-2-18-10-17(13-30)11-22(16)18)15-33-8-5-20(6-9-33)34-21(4-7-25(27,28)29)14-31-24(34)32-23(35)12-26/h2-3,11,14,20H,4-10,12,15H2,1H3,(H,31,32,35). The molecule has 1 aromatic carbocycles. The lowest BCUT2D eigenvalue weighted by Gasteiger charge is -2.34. The Kier molecular flexibility index (Phi) is 7.26. The molecule has 0 bridgehead atoms. The fourth-order valence-corrected chi connectivity index (χ4v) is 4.94. The van der Waals surface area contributed by atoms with Crippen LogP contribution in [0, 0.1) is 18.3 Å². The maximum absolute atomic E-state index is 12.8. The SMILES string of the molecule is Cc1c(CN2CCC(n3c(CCC(F)(F)F)cnc3NC(=O)CF)CC2)ccc2c1C=C(C#N)C2. The van der Waals surface area contributed by atoms with Gasteiger partial charge in [0, 0.05) is 49.8 Å². The van der Waals surface area contributed by atoms with E-state index in [1.54, 1.807) is 4.57 Å². The molecule has 1 N–H and O–H groups in total. The molecule has 1 amide bonds. The normalized spacial score (nSPS) is 16.6. The number of hydrogen-bond donors (Lipinski definition) is 1. The van der Waals surface area contributed by atoms with Gasteiger partial charge in [-0.2, -0.15) is 18.4 Å². The van der Waals surface area contributed by atoms with E-state index in [9.17, 15) is 27.6 Å². The highest BCUT2D eigenvalue weighted by atomic mass is 19.4. The Hall–Kier alpha value is -3.19. The van der Waals surface area contributed by atoms with Crippen LogP contribution in [0.4, 0.5) is 23.5 Å². The number of alkyl halides is 4. The molecule has 6 nitrogen and oxygen atoms in total. The molecule has 4 rings (SSSR count). The number of aromatic nitrogens is 2. The van der Waals surface area contributed by atoms with Crippen LogP contribution in [0.2, 0.25) is 0 Å². The van der Waals surface area contributed by atoms with Crippen LogP contribution < -0.4 is 5.32 Å². The third-order valence-corrected chi connectivity index (χ3v) is 6.79. The topological polar surface area (TPSA) is 74.0 Å². The molecular weight excluding hydrogens is 462 g/mol. The summed E-state index contributed by atoms with van der Waals surface area (Å²) >= 11 is 0. The molecule has 0 atom stereocenters. The Morgan fingerprint density at radius 2 is 2.03 bits per heavy atom. The summed E-state index contributed by atoms with van der Waals surface area (Å²) in [5.74, 6) is -0.782. The summed E-state index contributed by atoms with van der Waals surface area (Å²) in [4.78, 5) is 18.0. The first-order chi connectivity index (χ1) is 16.7. The molecule has 1 fully saturated rings. The summed E-state index contributed by atoms with van der Waals surface area (Å²) in [5.41, 5.74) is 5.77. The number of imidazole rings is 1. The van der Waals surface area contributed by atoms with Crippen molar-refractivity contribution in [3.63, 3.8) is 0 Å². The third-order valence-electron chi connectivity index (χ3n) is 6.79. The van der Waals surface area contributed by atoms with Gasteiger partial charge < -0.3 is 4.57 Å². The van der Waals surface area contributed by atoms with E-state index in [0.29, 0.717) is 38.0 Å². The minimum absolute atomic E-state index is 0.0952. The number of piperidine rings is 1. The van der Waals surface area contributed by atoms with Crippen molar-refractivity contribution in [2.24, 2.45) is 0 Å². The quantitative estimate of drug-likeness (QED) is 0.562. The Morgan fingerprint density at radius 1 is 1.29 bits per heavy atom. The fraction of sp³-hybridized carbons (Fsp3) is 0.480. The molecule has 2 aliphatic rings. The molecule has 1 saturated heterocycles. The number of nitrogens with zero attached hydrogens (tertiary/aromatic N) is 4. The number of halogens is 4. The third kappa shape index (κ3) is 5.73. The highest BCUT2D eigenvalue weighted by Crippen LogP contribution is 2.33. The zero-order chi connectivity index (χ0) is 25.2. The zero-order valence-electron chi connectivity index (χ0n) is 19.5. The van der Waals surface area contributed by atoms with Crippen molar-refractivity contribution in [3.8, 4) is 6.07 Å². The molecule has 1 aliphatic heterocycles. The number of benzene rings is 1. The fourth-order valence-electron chi connectivity index (χ4n) is 4.94. The molecule has 1 aliphatic carbocycles. The van der Waals surface area contributed by atoms with Crippen molar-refractivity contribution in [1.82, 2.24) is 14.5 Å². The van der Waals surface area contributed by atoms with E-state index in [4.69, 9.17) is 0 Å². The minimum atomic E-state index is -4.31. The van der Waals surface area contributed by atoms with Gasteiger partial charge in [-0.15, -0.1) is 0 Å². The molecule has 186 valence electrons. The average molecular weight is 490 g/mol. The monoisotopic (exact) mass is 489 g/mol. The van der Waals surface area contributed by atoms with Crippen LogP contribution in [0.3, 0.4) is 0 Å². The summed E-state index contributed by atoms with van der Waals surface area (Å²) < 4.78 is 52.9. The smallest absolute Gasteiger partial charge is 0.311 e. The lowest BCUT2D eigenvalue weighted by Crippen LogP contribution is -2.35. The Labute approximate surface area is 201 Å². The Balaban J connectivity index is 1.46. The predicted octanol–water partition coefficient (Wildman–Crippen LogP) is 4.89. The molecule has 1 aromatic heterocycles. The van der Waals surface area contributed by atoms with E-state index in [1.807, 2.05) is 6.08 Å². The van der Waals surface area contributed by atoms with Crippen LogP contribution >= 0.6 is 0 Å². The van der Waals surface area contributed by atoms with E-state index in [2.05, 4.69) is 40.3 Å². The number of nitrogens with one attached hydrogen (secondary N) is 1. The second-order valence-corrected chi connectivity index (χ2v) is 9.13. The summed E-state index contributed by atoms with van der Waals surface area (Å²) in [7, 11) is 0. The first-order valence-electron chi connectivity index (χ1n) is 11.6. The van der Waals surface area contributed by atoms with E-state index >= 15 is 0 Å². The number of rotatable bonds is 7. The number of allylic oxidation sites excluding steroid dienone is 1. The van der Waals surface area contributed by atoms with Gasteiger partial charge in [-0.3, -0.25) is 15.0 Å². The van der Waals surface area contributed by atoms with Crippen molar-refractivity contribution in [2.45, 2.75) is 57.8 Å². The largest absolute Gasteiger partial charge is 0.389 e. The number of anilines is 1. The van der Waals surface area contributed by atoms with Gasteiger partial charge in [0.05, 0.1) is 12.3 Å². The summed E-state index contributed by atoms with van der Waals surface area (Å²) in [5, 5.41) is 11.6. The van der Waals surface area contributed by atoms with Gasteiger partial charge in [0.25, 0.3) is 5.91 Å². The van der Waals surface area contributed by atoms with E-state index in [1.165, 1.54) is 11.8 Å². The second-order valence-electron chi connectivity index (χ2n) is 9.13. The van der Waals surface area contributed by atoms with Crippen LogP contribution in [-0.2, 0) is 24.2 Å². The molecule has 0 spiro atoms. The number of fused-ring (bicyclic) bond motifs is 1. The van der Waals surface area contributed by atoms with Crippen LogP contribution in [-0.4, -0.2) is 46.3 Å². The number of nitriles is 1. The maximum Gasteiger partial charge on any atom is 0.389 e. The van der Waals surface area contributed by atoms with Crippen LogP contribution in [0.25, 0.3) is 6.08 Å². The molecule has 35 heavy (non-hydrogen) atoms. The average Bonchev–Trinajstić information content (AvgIpc) is 3.44.